The van der Waals surface area contributed by atoms with Crippen molar-refractivity contribution in [1.82, 2.24) is 0 Å². The van der Waals surface area contributed by atoms with Crippen molar-refractivity contribution in [1.29, 1.82) is 0 Å². The van der Waals surface area contributed by atoms with Crippen LogP contribution in [0.3, 0.4) is 0 Å². The fourth-order valence-corrected chi connectivity index (χ4v) is 7.71. The second-order valence-electron chi connectivity index (χ2n) is 16.5. The molecule has 0 saturated carbocycles. The van der Waals surface area contributed by atoms with Gasteiger partial charge in [-0.25, -0.2) is 4.57 Å². The number of phosphoric acid groups is 1. The summed E-state index contributed by atoms with van der Waals surface area (Å²) in [4.78, 5) is 34.9. The molecule has 8 nitrogen and oxygen atoms in total. The summed E-state index contributed by atoms with van der Waals surface area (Å²) in [6.07, 6.45) is 58.6. The molecule has 0 aromatic heterocycles. The van der Waals surface area contributed by atoms with Gasteiger partial charge in [0.05, 0.1) is 13.2 Å². The number of allylic oxidation sites excluding steroid dienone is 10. The van der Waals surface area contributed by atoms with Crippen molar-refractivity contribution in [3.63, 3.8) is 0 Å². The van der Waals surface area contributed by atoms with Crippen molar-refractivity contribution in [2.24, 2.45) is 0 Å². The van der Waals surface area contributed by atoms with Crippen molar-refractivity contribution in [2.45, 2.75) is 239 Å². The molecule has 0 bridgehead atoms. The van der Waals surface area contributed by atoms with Crippen LogP contribution in [0.2, 0.25) is 0 Å². The van der Waals surface area contributed by atoms with Crippen molar-refractivity contribution < 1.29 is 37.6 Å². The van der Waals surface area contributed by atoms with Crippen molar-refractivity contribution in [3.8, 4) is 0 Å². The number of ether oxygens (including phenoxy) is 2. The number of esters is 2. The molecule has 0 aromatic carbocycles. The molecular formula is C52H93O8P. The summed E-state index contributed by atoms with van der Waals surface area (Å²) in [5, 5.41) is 0. The first-order valence-electron chi connectivity index (χ1n) is 25.1. The first-order valence-corrected chi connectivity index (χ1v) is 26.6. The molecule has 2 unspecified atom stereocenters. The van der Waals surface area contributed by atoms with E-state index in [0.717, 1.165) is 70.6 Å². The lowest BCUT2D eigenvalue weighted by Gasteiger charge is -2.19. The van der Waals surface area contributed by atoms with E-state index in [2.05, 4.69) is 74.6 Å². The van der Waals surface area contributed by atoms with Gasteiger partial charge in [0.25, 0.3) is 0 Å². The summed E-state index contributed by atoms with van der Waals surface area (Å²) in [5.41, 5.74) is 0. The van der Waals surface area contributed by atoms with Gasteiger partial charge in [0, 0.05) is 12.8 Å². The Balaban J connectivity index is 4.02. The Hall–Kier alpha value is -2.25. The molecule has 0 aromatic rings. The number of carbonyl (C=O) groups excluding carboxylic acids is 2. The molecule has 0 radical (unpaired) electrons. The zero-order valence-corrected chi connectivity index (χ0v) is 40.5. The highest BCUT2D eigenvalue weighted by Crippen LogP contribution is 2.43. The molecule has 0 amide bonds. The minimum Gasteiger partial charge on any atom is -0.462 e. The summed E-state index contributed by atoms with van der Waals surface area (Å²) in [5.74, 6) is -0.829. The third kappa shape index (κ3) is 47.1. The molecule has 0 spiro atoms. The molecule has 1 N–H and O–H groups in total. The quantitative estimate of drug-likeness (QED) is 0.0279. The van der Waals surface area contributed by atoms with Gasteiger partial charge in [-0.1, -0.05) is 216 Å². The molecule has 0 saturated heterocycles. The SMILES string of the molecule is CC/C=C\C/C=C\C/C=C\C/C=C\C/C=C\CCCCCC(=O)OC(COC(=O)CCCCCCCCCCCCCCCCCCCCCCCC)COP(=O)(O)OCC. The van der Waals surface area contributed by atoms with Crippen LogP contribution in [0.1, 0.15) is 233 Å². The minimum absolute atomic E-state index is 0.00756. The molecule has 0 aliphatic heterocycles. The average Bonchev–Trinajstić information content (AvgIpc) is 3.24. The zero-order chi connectivity index (χ0) is 44.6. The van der Waals surface area contributed by atoms with E-state index in [9.17, 15) is 19.0 Å². The number of carbonyl (C=O) groups is 2. The fraction of sp³-hybridized carbons (Fsp3) is 0.769. The van der Waals surface area contributed by atoms with E-state index >= 15 is 0 Å². The molecule has 61 heavy (non-hydrogen) atoms. The molecule has 2 atom stereocenters. The van der Waals surface area contributed by atoms with Gasteiger partial charge >= 0.3 is 19.8 Å². The maximum atomic E-state index is 12.6. The third-order valence-corrected chi connectivity index (χ3v) is 11.6. The van der Waals surface area contributed by atoms with Gasteiger partial charge in [-0.15, -0.1) is 0 Å². The second kappa shape index (κ2) is 47.2. The highest BCUT2D eigenvalue weighted by Gasteiger charge is 2.25. The average molecular weight is 877 g/mol. The van der Waals surface area contributed by atoms with Crippen LogP contribution in [-0.2, 0) is 32.7 Å². The fourth-order valence-electron chi connectivity index (χ4n) is 6.95. The Bertz CT molecular complexity index is 1180. The standard InChI is InChI=1S/C52H93O8P/c1-4-7-9-11-13-15-17-19-21-23-25-26-27-29-30-32-34-36-38-40-42-44-46-51(53)57-48-50(49-59-61(55,56)58-6-3)60-52(54)47-45-43-41-39-37-35-33-31-28-24-22-20-18-16-14-12-10-8-5-2/h8,10,14,16,20,22,28,31,35,37,50H,4-7,9,11-13,15,17-19,21,23-27,29-30,32-34,36,38-49H2,1-3H3,(H,55,56)/b10-8-,16-14-,22-20-,31-28-,37-35-. The van der Waals surface area contributed by atoms with Crippen LogP contribution < -0.4 is 0 Å². The molecule has 0 rings (SSSR count). The van der Waals surface area contributed by atoms with E-state index in [0.29, 0.717) is 6.42 Å². The zero-order valence-electron chi connectivity index (χ0n) is 39.6. The van der Waals surface area contributed by atoms with Crippen LogP contribution in [0.4, 0.5) is 0 Å². The van der Waals surface area contributed by atoms with E-state index in [1.165, 1.54) is 122 Å². The van der Waals surface area contributed by atoms with Crippen LogP contribution in [-0.4, -0.2) is 42.8 Å². The van der Waals surface area contributed by atoms with Gasteiger partial charge in [-0.3, -0.25) is 18.6 Å². The van der Waals surface area contributed by atoms with Crippen LogP contribution in [0.25, 0.3) is 0 Å². The number of hydrogen-bond acceptors (Lipinski definition) is 7. The van der Waals surface area contributed by atoms with Gasteiger partial charge in [-0.05, 0) is 64.7 Å². The normalized spacial score (nSPS) is 13.7. The summed E-state index contributed by atoms with van der Waals surface area (Å²) >= 11 is 0. The highest BCUT2D eigenvalue weighted by molar-refractivity contribution is 7.47. The number of unbranched alkanes of at least 4 members (excludes halogenated alkanes) is 24. The molecule has 354 valence electrons. The minimum atomic E-state index is -4.30. The molecule has 0 heterocycles. The summed E-state index contributed by atoms with van der Waals surface area (Å²) < 4.78 is 32.7. The van der Waals surface area contributed by atoms with Crippen molar-refractivity contribution in [3.05, 3.63) is 60.8 Å². The molecular weight excluding hydrogens is 784 g/mol. The smallest absolute Gasteiger partial charge is 0.462 e. The van der Waals surface area contributed by atoms with Gasteiger partial charge in [0.15, 0.2) is 6.10 Å². The third-order valence-electron chi connectivity index (χ3n) is 10.6. The summed E-state index contributed by atoms with van der Waals surface area (Å²) in [7, 11) is -4.30. The topological polar surface area (TPSA) is 108 Å². The van der Waals surface area contributed by atoms with E-state index < -0.39 is 26.5 Å². The largest absolute Gasteiger partial charge is 0.472 e. The monoisotopic (exact) mass is 877 g/mol. The van der Waals surface area contributed by atoms with E-state index in [-0.39, 0.29) is 32.0 Å². The number of phosphoric ester groups is 1. The van der Waals surface area contributed by atoms with Crippen molar-refractivity contribution in [2.75, 3.05) is 19.8 Å². The summed E-state index contributed by atoms with van der Waals surface area (Å²) in [6.45, 7) is 5.35. The van der Waals surface area contributed by atoms with Gasteiger partial charge in [0.2, 0.25) is 0 Å². The second-order valence-corrected chi connectivity index (χ2v) is 17.9. The Morgan fingerprint density at radius 2 is 0.836 bits per heavy atom. The number of hydrogen-bond donors (Lipinski definition) is 1. The van der Waals surface area contributed by atoms with Gasteiger partial charge in [-0.2, -0.15) is 0 Å². The molecule has 0 aliphatic carbocycles. The lowest BCUT2D eigenvalue weighted by Crippen LogP contribution is -2.29. The number of rotatable bonds is 46. The maximum Gasteiger partial charge on any atom is 0.472 e. The Morgan fingerprint density at radius 1 is 0.459 bits per heavy atom. The Labute approximate surface area is 375 Å². The lowest BCUT2D eigenvalue weighted by atomic mass is 10.0. The van der Waals surface area contributed by atoms with E-state index in [4.69, 9.17) is 18.5 Å². The highest BCUT2D eigenvalue weighted by atomic mass is 31.2. The maximum absolute atomic E-state index is 12.6. The predicted molar refractivity (Wildman–Crippen MR) is 258 cm³/mol. The molecule has 0 fully saturated rings. The Morgan fingerprint density at radius 3 is 1.26 bits per heavy atom. The van der Waals surface area contributed by atoms with Crippen LogP contribution in [0.15, 0.2) is 60.8 Å². The van der Waals surface area contributed by atoms with Crippen LogP contribution >= 0.6 is 7.82 Å². The molecule has 0 aliphatic rings. The summed E-state index contributed by atoms with van der Waals surface area (Å²) in [6, 6.07) is 0. The van der Waals surface area contributed by atoms with Gasteiger partial charge in [0.1, 0.15) is 6.61 Å². The van der Waals surface area contributed by atoms with Crippen LogP contribution in [0.5, 0.6) is 0 Å². The first kappa shape index (κ1) is 58.8. The Kier molecular flexibility index (Phi) is 45.5. The first-order chi connectivity index (χ1) is 29.8. The van der Waals surface area contributed by atoms with E-state index in [1.54, 1.807) is 6.92 Å². The van der Waals surface area contributed by atoms with Crippen molar-refractivity contribution >= 4 is 19.8 Å². The lowest BCUT2D eigenvalue weighted by molar-refractivity contribution is -0.161. The van der Waals surface area contributed by atoms with E-state index in [1.807, 2.05) is 0 Å². The van der Waals surface area contributed by atoms with Crippen LogP contribution in [0, 0.1) is 0 Å². The van der Waals surface area contributed by atoms with Gasteiger partial charge < -0.3 is 14.4 Å². The molecule has 9 heteroatoms. The predicted octanol–water partition coefficient (Wildman–Crippen LogP) is 16.3.